The van der Waals surface area contributed by atoms with Crippen LogP contribution in [-0.4, -0.2) is 73.6 Å². The summed E-state index contributed by atoms with van der Waals surface area (Å²) < 4.78 is 43.8. The summed E-state index contributed by atoms with van der Waals surface area (Å²) in [5.74, 6) is -0.415. The number of benzene rings is 1. The topological polar surface area (TPSA) is 61.9 Å². The summed E-state index contributed by atoms with van der Waals surface area (Å²) in [5, 5.41) is 3.18. The Bertz CT molecular complexity index is 687. The number of carbonyl (C=O) groups excluding carboxylic acids is 2. The van der Waals surface area contributed by atoms with E-state index in [0.717, 1.165) is 25.2 Å². The van der Waals surface area contributed by atoms with E-state index < -0.39 is 11.7 Å². The van der Waals surface area contributed by atoms with Crippen molar-refractivity contribution in [3.63, 3.8) is 0 Å². The fourth-order valence-electron chi connectivity index (χ4n) is 3.18. The molecule has 0 spiro atoms. The van der Waals surface area contributed by atoms with Crippen LogP contribution in [0.2, 0.25) is 0 Å². The van der Waals surface area contributed by atoms with Gasteiger partial charge in [-0.1, -0.05) is 0 Å². The van der Waals surface area contributed by atoms with E-state index in [1.54, 1.807) is 4.90 Å². The van der Waals surface area contributed by atoms with E-state index in [2.05, 4.69) is 5.32 Å². The predicted molar refractivity (Wildman–Crippen MR) is 107 cm³/mol. The van der Waals surface area contributed by atoms with E-state index >= 15 is 0 Å². The maximum atomic E-state index is 12.9. The van der Waals surface area contributed by atoms with Gasteiger partial charge in [-0.3, -0.25) is 9.59 Å². The number of hydrogen-bond donors (Lipinski definition) is 1. The first-order chi connectivity index (χ1) is 14.2. The number of carbonyl (C=O) groups is 2. The molecule has 9 heteroatoms. The SMILES string of the molecule is CC(C)OCCCN(CCC(=O)N1CCNCC1)C(=O)c1ccc(C(F)(F)F)cc1. The third-order valence-electron chi connectivity index (χ3n) is 4.84. The minimum atomic E-state index is -4.45. The Hall–Kier alpha value is -2.13. The zero-order valence-corrected chi connectivity index (χ0v) is 17.5. The van der Waals surface area contributed by atoms with Crippen LogP contribution >= 0.6 is 0 Å². The predicted octanol–water partition coefficient (Wildman–Crippen LogP) is 2.78. The van der Waals surface area contributed by atoms with Crippen LogP contribution in [0.1, 0.15) is 42.6 Å². The standard InChI is InChI=1S/C21H30F3N3O3/c1-16(2)30-15-3-11-27(12-8-19(28)26-13-9-25-10-14-26)20(29)17-4-6-18(7-5-17)21(22,23)24/h4-7,16,25H,3,8-15H2,1-2H3. The highest BCUT2D eigenvalue weighted by Crippen LogP contribution is 2.29. The molecule has 0 saturated carbocycles. The Morgan fingerprint density at radius 2 is 1.77 bits per heavy atom. The molecule has 0 radical (unpaired) electrons. The van der Waals surface area contributed by atoms with Crippen LogP contribution in [0.25, 0.3) is 0 Å². The quantitative estimate of drug-likeness (QED) is 0.614. The second-order valence-electron chi connectivity index (χ2n) is 7.52. The highest BCUT2D eigenvalue weighted by Gasteiger charge is 2.30. The van der Waals surface area contributed by atoms with Crippen molar-refractivity contribution < 1.29 is 27.5 Å². The average Bonchev–Trinajstić information content (AvgIpc) is 2.72. The van der Waals surface area contributed by atoms with Gasteiger partial charge in [-0.25, -0.2) is 0 Å². The molecule has 0 unspecified atom stereocenters. The number of alkyl halides is 3. The third-order valence-corrected chi connectivity index (χ3v) is 4.84. The molecule has 168 valence electrons. The molecular formula is C21H30F3N3O3. The fraction of sp³-hybridized carbons (Fsp3) is 0.619. The second kappa shape index (κ2) is 11.3. The molecule has 1 aromatic rings. The van der Waals surface area contributed by atoms with Crippen molar-refractivity contribution in [1.29, 1.82) is 0 Å². The number of nitrogens with zero attached hydrogens (tertiary/aromatic N) is 2. The van der Waals surface area contributed by atoms with E-state index in [1.165, 1.54) is 17.0 Å². The lowest BCUT2D eigenvalue weighted by molar-refractivity contribution is -0.137. The lowest BCUT2D eigenvalue weighted by atomic mass is 10.1. The zero-order chi connectivity index (χ0) is 22.1. The Morgan fingerprint density at radius 3 is 2.33 bits per heavy atom. The van der Waals surface area contributed by atoms with Gasteiger partial charge in [0.1, 0.15) is 0 Å². The van der Waals surface area contributed by atoms with Gasteiger partial charge in [0.05, 0.1) is 11.7 Å². The molecule has 1 fully saturated rings. The summed E-state index contributed by atoms with van der Waals surface area (Å²) in [7, 11) is 0. The fourth-order valence-corrected chi connectivity index (χ4v) is 3.18. The van der Waals surface area contributed by atoms with Crippen molar-refractivity contribution in [3.8, 4) is 0 Å². The number of halogens is 3. The minimum absolute atomic E-state index is 0.0276. The maximum absolute atomic E-state index is 12.9. The molecule has 1 heterocycles. The van der Waals surface area contributed by atoms with Gasteiger partial charge in [-0.05, 0) is 44.5 Å². The normalized spacial score (nSPS) is 14.8. The van der Waals surface area contributed by atoms with Crippen molar-refractivity contribution in [1.82, 2.24) is 15.1 Å². The number of amides is 2. The van der Waals surface area contributed by atoms with Gasteiger partial charge in [-0.15, -0.1) is 0 Å². The monoisotopic (exact) mass is 429 g/mol. The van der Waals surface area contributed by atoms with Crippen LogP contribution in [0.4, 0.5) is 13.2 Å². The first kappa shape index (κ1) is 24.1. The molecule has 0 bridgehead atoms. The molecule has 6 nitrogen and oxygen atoms in total. The number of nitrogens with one attached hydrogen (secondary N) is 1. The van der Waals surface area contributed by atoms with Crippen LogP contribution in [0.5, 0.6) is 0 Å². The molecular weight excluding hydrogens is 399 g/mol. The molecule has 2 amide bonds. The smallest absolute Gasteiger partial charge is 0.379 e. The van der Waals surface area contributed by atoms with Gasteiger partial charge < -0.3 is 19.9 Å². The molecule has 0 atom stereocenters. The van der Waals surface area contributed by atoms with Crippen LogP contribution in [0.3, 0.4) is 0 Å². The first-order valence-corrected chi connectivity index (χ1v) is 10.2. The summed E-state index contributed by atoms with van der Waals surface area (Å²) in [6, 6.07) is 4.17. The summed E-state index contributed by atoms with van der Waals surface area (Å²) in [5.41, 5.74) is -0.632. The van der Waals surface area contributed by atoms with Crippen molar-refractivity contribution in [2.45, 2.75) is 39.0 Å². The highest BCUT2D eigenvalue weighted by atomic mass is 19.4. The summed E-state index contributed by atoms with van der Waals surface area (Å²) in [6.45, 7) is 7.61. The lowest BCUT2D eigenvalue weighted by Crippen LogP contribution is -2.47. The zero-order valence-electron chi connectivity index (χ0n) is 17.5. The van der Waals surface area contributed by atoms with E-state index in [0.29, 0.717) is 32.7 Å². The van der Waals surface area contributed by atoms with Crippen LogP contribution in [0.15, 0.2) is 24.3 Å². The van der Waals surface area contributed by atoms with E-state index in [4.69, 9.17) is 4.74 Å². The molecule has 0 aromatic heterocycles. The van der Waals surface area contributed by atoms with Gasteiger partial charge in [0.25, 0.3) is 5.91 Å². The molecule has 1 saturated heterocycles. The molecule has 0 aliphatic carbocycles. The molecule has 1 N–H and O–H groups in total. The Labute approximate surface area is 175 Å². The van der Waals surface area contributed by atoms with Crippen molar-refractivity contribution in [3.05, 3.63) is 35.4 Å². The summed E-state index contributed by atoms with van der Waals surface area (Å²) in [6.07, 6.45) is -3.63. The third kappa shape index (κ3) is 7.60. The largest absolute Gasteiger partial charge is 0.416 e. The van der Waals surface area contributed by atoms with Crippen LogP contribution < -0.4 is 5.32 Å². The molecule has 2 rings (SSSR count). The Morgan fingerprint density at radius 1 is 1.13 bits per heavy atom. The van der Waals surface area contributed by atoms with Crippen LogP contribution in [0, 0.1) is 0 Å². The summed E-state index contributed by atoms with van der Waals surface area (Å²) >= 11 is 0. The first-order valence-electron chi connectivity index (χ1n) is 10.2. The van der Waals surface area contributed by atoms with Crippen LogP contribution in [-0.2, 0) is 15.7 Å². The number of ether oxygens (including phenoxy) is 1. The Kier molecular flexibility index (Phi) is 9.10. The maximum Gasteiger partial charge on any atom is 0.416 e. The lowest BCUT2D eigenvalue weighted by Gasteiger charge is -2.29. The summed E-state index contributed by atoms with van der Waals surface area (Å²) in [4.78, 5) is 28.6. The number of rotatable bonds is 9. The number of piperazine rings is 1. The van der Waals surface area contributed by atoms with Gasteiger partial charge in [0.15, 0.2) is 0 Å². The minimum Gasteiger partial charge on any atom is -0.379 e. The highest BCUT2D eigenvalue weighted by molar-refractivity contribution is 5.94. The van der Waals surface area contributed by atoms with E-state index in [-0.39, 0.29) is 36.4 Å². The molecule has 30 heavy (non-hydrogen) atoms. The Balaban J connectivity index is 2.01. The van der Waals surface area contributed by atoms with Gasteiger partial charge >= 0.3 is 6.18 Å². The van der Waals surface area contributed by atoms with Gasteiger partial charge in [0, 0.05) is 57.9 Å². The van der Waals surface area contributed by atoms with Crippen molar-refractivity contribution in [2.24, 2.45) is 0 Å². The van der Waals surface area contributed by atoms with E-state index in [1.807, 2.05) is 13.8 Å². The average molecular weight is 429 g/mol. The number of hydrogen-bond acceptors (Lipinski definition) is 4. The van der Waals surface area contributed by atoms with Gasteiger partial charge in [0.2, 0.25) is 5.91 Å². The molecule has 1 aromatic carbocycles. The molecule has 1 aliphatic rings. The molecule has 1 aliphatic heterocycles. The van der Waals surface area contributed by atoms with Crippen molar-refractivity contribution in [2.75, 3.05) is 45.9 Å². The van der Waals surface area contributed by atoms with E-state index in [9.17, 15) is 22.8 Å². The van der Waals surface area contributed by atoms with Crippen molar-refractivity contribution >= 4 is 11.8 Å². The van der Waals surface area contributed by atoms with Gasteiger partial charge in [-0.2, -0.15) is 13.2 Å². The second-order valence-corrected chi connectivity index (χ2v) is 7.52.